The highest BCUT2D eigenvalue weighted by molar-refractivity contribution is 7.89. The first-order chi connectivity index (χ1) is 15.8. The average molecular weight is 476 g/mol. The molecular formula is C23H29N3O6S. The maximum Gasteiger partial charge on any atom is 0.411 e. The van der Waals surface area contributed by atoms with Gasteiger partial charge < -0.3 is 14.8 Å². The molecule has 1 saturated heterocycles. The Bertz CT molecular complexity index is 1060. The Balaban J connectivity index is 1.53. The highest BCUT2D eigenvalue weighted by Crippen LogP contribution is 2.25. The summed E-state index contributed by atoms with van der Waals surface area (Å²) < 4.78 is 36.9. The summed E-state index contributed by atoms with van der Waals surface area (Å²) in [7, 11) is -2.06. The van der Waals surface area contributed by atoms with E-state index < -0.39 is 16.1 Å². The Labute approximate surface area is 194 Å². The van der Waals surface area contributed by atoms with E-state index in [0.717, 1.165) is 5.56 Å². The van der Waals surface area contributed by atoms with E-state index in [4.69, 9.17) is 9.47 Å². The summed E-state index contributed by atoms with van der Waals surface area (Å²) in [4.78, 5) is 24.8. The molecule has 0 aromatic heterocycles. The number of hydrogen-bond donors (Lipinski definition) is 2. The number of amides is 2. The normalized spacial score (nSPS) is 15.1. The molecule has 33 heavy (non-hydrogen) atoms. The Morgan fingerprint density at radius 2 is 1.64 bits per heavy atom. The van der Waals surface area contributed by atoms with Crippen LogP contribution in [0.4, 0.5) is 16.2 Å². The highest BCUT2D eigenvalue weighted by atomic mass is 32.2. The number of nitrogens with zero attached hydrogens (tertiary/aromatic N) is 1. The van der Waals surface area contributed by atoms with Crippen LogP contribution >= 0.6 is 0 Å². The van der Waals surface area contributed by atoms with Crippen LogP contribution in [0.3, 0.4) is 0 Å². The average Bonchev–Trinajstić information content (AvgIpc) is 2.80. The minimum Gasteiger partial charge on any atom is -0.447 e. The number of nitrogens with one attached hydrogen (secondary N) is 2. The van der Waals surface area contributed by atoms with Crippen LogP contribution in [0.15, 0.2) is 53.4 Å². The van der Waals surface area contributed by atoms with Crippen molar-refractivity contribution < 1.29 is 27.5 Å². The van der Waals surface area contributed by atoms with Crippen LogP contribution in [-0.2, 0) is 24.3 Å². The van der Waals surface area contributed by atoms with Crippen molar-refractivity contribution in [2.45, 2.75) is 24.7 Å². The van der Waals surface area contributed by atoms with Gasteiger partial charge >= 0.3 is 6.09 Å². The van der Waals surface area contributed by atoms with Gasteiger partial charge in [-0.3, -0.25) is 10.1 Å². The third kappa shape index (κ3) is 6.77. The molecule has 3 rings (SSSR count). The van der Waals surface area contributed by atoms with Crippen molar-refractivity contribution in [3.8, 4) is 0 Å². The van der Waals surface area contributed by atoms with E-state index in [0.29, 0.717) is 30.8 Å². The van der Waals surface area contributed by atoms with Gasteiger partial charge in [-0.15, -0.1) is 0 Å². The second-order valence-electron chi connectivity index (χ2n) is 7.82. The summed E-state index contributed by atoms with van der Waals surface area (Å²) >= 11 is 0. The summed E-state index contributed by atoms with van der Waals surface area (Å²) in [6, 6.07) is 13.5. The summed E-state index contributed by atoms with van der Waals surface area (Å²) in [5.74, 6) is -0.479. The van der Waals surface area contributed by atoms with Gasteiger partial charge in [-0.25, -0.2) is 13.2 Å². The molecule has 2 aromatic rings. The highest BCUT2D eigenvalue weighted by Gasteiger charge is 2.32. The number of aryl methyl sites for hydroxylation is 1. The van der Waals surface area contributed by atoms with Gasteiger partial charge in [0.2, 0.25) is 15.9 Å². The van der Waals surface area contributed by atoms with E-state index in [-0.39, 0.29) is 36.4 Å². The van der Waals surface area contributed by atoms with Crippen LogP contribution in [0.1, 0.15) is 18.4 Å². The predicted octanol–water partition coefficient (Wildman–Crippen LogP) is 3.23. The lowest BCUT2D eigenvalue weighted by atomic mass is 9.97. The number of hydrogen-bond acceptors (Lipinski definition) is 6. The first-order valence-corrected chi connectivity index (χ1v) is 12.1. The molecule has 0 aliphatic carbocycles. The number of methoxy groups -OCH3 is 1. The van der Waals surface area contributed by atoms with Gasteiger partial charge in [0.1, 0.15) is 6.61 Å². The fourth-order valence-corrected chi connectivity index (χ4v) is 4.98. The van der Waals surface area contributed by atoms with Crippen molar-refractivity contribution >= 4 is 33.4 Å². The molecular weight excluding hydrogens is 446 g/mol. The molecule has 2 N–H and O–H groups in total. The molecule has 178 valence electrons. The van der Waals surface area contributed by atoms with Crippen LogP contribution in [0, 0.1) is 12.8 Å². The number of benzene rings is 2. The SMILES string of the molecule is COCCOC(=O)Nc1cccc(NC(=O)C2CCN(S(=O)(=O)c3ccc(C)cc3)CC2)c1. The number of ether oxygens (including phenoxy) is 2. The van der Waals surface area contributed by atoms with Gasteiger partial charge in [0, 0.05) is 37.5 Å². The van der Waals surface area contributed by atoms with Gasteiger partial charge in [-0.1, -0.05) is 23.8 Å². The van der Waals surface area contributed by atoms with Crippen molar-refractivity contribution in [3.63, 3.8) is 0 Å². The maximum absolute atomic E-state index is 12.8. The van der Waals surface area contributed by atoms with E-state index in [1.165, 1.54) is 11.4 Å². The first-order valence-electron chi connectivity index (χ1n) is 10.7. The summed E-state index contributed by atoms with van der Waals surface area (Å²) in [5.41, 5.74) is 2.00. The zero-order valence-electron chi connectivity index (χ0n) is 18.7. The second kappa shape index (κ2) is 11.3. The van der Waals surface area contributed by atoms with E-state index in [9.17, 15) is 18.0 Å². The van der Waals surface area contributed by atoms with Gasteiger partial charge in [0.25, 0.3) is 0 Å². The fraction of sp³-hybridized carbons (Fsp3) is 0.391. The summed E-state index contributed by atoms with van der Waals surface area (Å²) in [6.45, 7) is 2.90. The smallest absolute Gasteiger partial charge is 0.411 e. The molecule has 0 radical (unpaired) electrons. The Morgan fingerprint density at radius 3 is 2.27 bits per heavy atom. The third-order valence-electron chi connectivity index (χ3n) is 5.38. The van der Waals surface area contributed by atoms with Crippen LogP contribution in [0.25, 0.3) is 0 Å². The van der Waals surface area contributed by atoms with E-state index >= 15 is 0 Å². The lowest BCUT2D eigenvalue weighted by Crippen LogP contribution is -2.41. The van der Waals surface area contributed by atoms with Gasteiger partial charge in [0.15, 0.2) is 0 Å². The first kappa shape index (κ1) is 24.7. The van der Waals surface area contributed by atoms with Gasteiger partial charge in [0.05, 0.1) is 11.5 Å². The molecule has 2 amide bonds. The lowest BCUT2D eigenvalue weighted by molar-refractivity contribution is -0.120. The molecule has 0 saturated carbocycles. The number of anilines is 2. The molecule has 0 bridgehead atoms. The Kier molecular flexibility index (Phi) is 8.43. The lowest BCUT2D eigenvalue weighted by Gasteiger charge is -2.30. The number of carbonyl (C=O) groups is 2. The Morgan fingerprint density at radius 1 is 1.00 bits per heavy atom. The molecule has 1 aliphatic rings. The molecule has 1 aliphatic heterocycles. The largest absolute Gasteiger partial charge is 0.447 e. The minimum absolute atomic E-state index is 0.136. The minimum atomic E-state index is -3.57. The molecule has 0 spiro atoms. The van der Waals surface area contributed by atoms with Gasteiger partial charge in [-0.05, 0) is 50.1 Å². The van der Waals surface area contributed by atoms with E-state index in [1.807, 2.05) is 6.92 Å². The van der Waals surface area contributed by atoms with Crippen molar-refractivity contribution in [1.82, 2.24) is 4.31 Å². The summed E-state index contributed by atoms with van der Waals surface area (Å²) in [6.07, 6.45) is 0.249. The molecule has 0 unspecified atom stereocenters. The zero-order valence-corrected chi connectivity index (χ0v) is 19.6. The maximum atomic E-state index is 12.8. The zero-order chi connectivity index (χ0) is 23.8. The van der Waals surface area contributed by atoms with Gasteiger partial charge in [-0.2, -0.15) is 4.31 Å². The molecule has 0 atom stereocenters. The van der Waals surface area contributed by atoms with Crippen LogP contribution in [0.5, 0.6) is 0 Å². The van der Waals surface area contributed by atoms with Crippen molar-refractivity contribution in [2.75, 3.05) is 44.0 Å². The van der Waals surface area contributed by atoms with E-state index in [2.05, 4.69) is 10.6 Å². The number of rotatable bonds is 8. The van der Waals surface area contributed by atoms with Crippen molar-refractivity contribution in [3.05, 3.63) is 54.1 Å². The van der Waals surface area contributed by atoms with Crippen LogP contribution < -0.4 is 10.6 Å². The van der Waals surface area contributed by atoms with Crippen molar-refractivity contribution in [2.24, 2.45) is 5.92 Å². The van der Waals surface area contributed by atoms with Crippen molar-refractivity contribution in [1.29, 1.82) is 0 Å². The Hall–Kier alpha value is -2.95. The molecule has 1 heterocycles. The molecule has 2 aromatic carbocycles. The topological polar surface area (TPSA) is 114 Å². The second-order valence-corrected chi connectivity index (χ2v) is 9.75. The quantitative estimate of drug-likeness (QED) is 0.567. The van der Waals surface area contributed by atoms with E-state index in [1.54, 1.807) is 48.5 Å². The number of carbonyl (C=O) groups excluding carboxylic acids is 2. The summed E-state index contributed by atoms with van der Waals surface area (Å²) in [5, 5.41) is 5.44. The predicted molar refractivity (Wildman–Crippen MR) is 125 cm³/mol. The number of piperidine rings is 1. The molecule has 1 fully saturated rings. The fourth-order valence-electron chi connectivity index (χ4n) is 3.51. The van der Waals surface area contributed by atoms with Crippen LogP contribution in [-0.4, -0.2) is 58.1 Å². The molecule has 9 nitrogen and oxygen atoms in total. The molecule has 10 heteroatoms. The standard InChI is InChI=1S/C23H29N3O6S/c1-17-6-8-21(9-7-17)33(29,30)26-12-10-18(11-13-26)22(27)24-19-4-3-5-20(16-19)25-23(28)32-15-14-31-2/h3-9,16,18H,10-15H2,1-2H3,(H,24,27)(H,25,28). The van der Waals surface area contributed by atoms with Crippen LogP contribution in [0.2, 0.25) is 0 Å². The monoisotopic (exact) mass is 475 g/mol. The number of sulfonamides is 1. The third-order valence-corrected chi connectivity index (χ3v) is 7.29.